The molecule has 0 fully saturated rings. The Balaban J connectivity index is 3.26. The van der Waals surface area contributed by atoms with Gasteiger partial charge < -0.3 is 0 Å². The Hall–Kier alpha value is -1.06. The van der Waals surface area contributed by atoms with Crippen LogP contribution < -0.4 is 0 Å². The van der Waals surface area contributed by atoms with Gasteiger partial charge in [0.1, 0.15) is 5.69 Å². The molecule has 0 saturated heterocycles. The molecular weight excluding hydrogens is 227 g/mol. The SMILES string of the molecule is CC(C)(C)C(C)(C)c1cccc(C(F)(F)F)n1. The van der Waals surface area contributed by atoms with Crippen LogP contribution in [0.4, 0.5) is 13.2 Å². The molecule has 1 heterocycles. The minimum absolute atomic E-state index is 0.162. The van der Waals surface area contributed by atoms with Gasteiger partial charge in [0.15, 0.2) is 0 Å². The van der Waals surface area contributed by atoms with Crippen LogP contribution in [0, 0.1) is 5.41 Å². The van der Waals surface area contributed by atoms with Gasteiger partial charge >= 0.3 is 6.18 Å². The second-order valence-electron chi connectivity index (χ2n) is 5.78. The highest BCUT2D eigenvalue weighted by Gasteiger charge is 2.38. The van der Waals surface area contributed by atoms with Crippen LogP contribution in [0.2, 0.25) is 0 Å². The molecule has 0 atom stereocenters. The summed E-state index contributed by atoms with van der Waals surface area (Å²) in [6, 6.07) is 4.07. The molecule has 0 radical (unpaired) electrons. The van der Waals surface area contributed by atoms with E-state index in [1.54, 1.807) is 6.07 Å². The van der Waals surface area contributed by atoms with Crippen LogP contribution in [0.5, 0.6) is 0 Å². The van der Waals surface area contributed by atoms with Crippen molar-refractivity contribution in [2.75, 3.05) is 0 Å². The lowest BCUT2D eigenvalue weighted by Gasteiger charge is -2.38. The normalized spacial score (nSPS) is 13.9. The van der Waals surface area contributed by atoms with Gasteiger partial charge in [0.05, 0.1) is 0 Å². The molecule has 96 valence electrons. The van der Waals surface area contributed by atoms with Gasteiger partial charge in [-0.25, -0.2) is 4.98 Å². The first-order valence-electron chi connectivity index (χ1n) is 5.51. The molecule has 4 heteroatoms. The standard InChI is InChI=1S/C13H18F3N/c1-11(2,3)12(4,5)9-7-6-8-10(17-9)13(14,15)16/h6-8H,1-5H3. The summed E-state index contributed by atoms with van der Waals surface area (Å²) in [6.07, 6.45) is -4.38. The van der Waals surface area contributed by atoms with Crippen LogP contribution in [0.3, 0.4) is 0 Å². The second kappa shape index (κ2) is 4.00. The molecule has 1 aromatic heterocycles. The number of halogens is 3. The molecule has 0 bridgehead atoms. The first kappa shape index (κ1) is 14.0. The number of hydrogen-bond donors (Lipinski definition) is 0. The molecule has 17 heavy (non-hydrogen) atoms. The second-order valence-corrected chi connectivity index (χ2v) is 5.78. The molecule has 0 aliphatic carbocycles. The molecule has 0 unspecified atom stereocenters. The van der Waals surface area contributed by atoms with E-state index >= 15 is 0 Å². The van der Waals surface area contributed by atoms with Gasteiger partial charge in [0.2, 0.25) is 0 Å². The minimum Gasteiger partial charge on any atom is -0.248 e. The lowest BCUT2D eigenvalue weighted by molar-refractivity contribution is -0.141. The average Bonchev–Trinajstić information content (AvgIpc) is 2.15. The van der Waals surface area contributed by atoms with Gasteiger partial charge in [-0.3, -0.25) is 0 Å². The molecule has 1 aromatic rings. The van der Waals surface area contributed by atoms with Crippen molar-refractivity contribution in [1.29, 1.82) is 0 Å². The Bertz CT molecular complexity index is 400. The fourth-order valence-electron chi connectivity index (χ4n) is 1.32. The van der Waals surface area contributed by atoms with Crippen molar-refractivity contribution in [3.05, 3.63) is 29.6 Å². The summed E-state index contributed by atoms with van der Waals surface area (Å²) in [4.78, 5) is 3.76. The first-order valence-corrected chi connectivity index (χ1v) is 5.51. The van der Waals surface area contributed by atoms with Crippen LogP contribution in [0.1, 0.15) is 46.0 Å². The first-order chi connectivity index (χ1) is 7.46. The molecule has 0 N–H and O–H groups in total. The maximum absolute atomic E-state index is 12.6. The molecule has 0 spiro atoms. The van der Waals surface area contributed by atoms with Crippen molar-refractivity contribution in [3.63, 3.8) is 0 Å². The fourth-order valence-corrected chi connectivity index (χ4v) is 1.32. The van der Waals surface area contributed by atoms with Crippen molar-refractivity contribution in [2.45, 2.75) is 46.2 Å². The molecule has 1 rings (SSSR count). The van der Waals surface area contributed by atoms with Crippen molar-refractivity contribution in [1.82, 2.24) is 4.98 Å². The smallest absolute Gasteiger partial charge is 0.248 e. The van der Waals surface area contributed by atoms with E-state index < -0.39 is 17.3 Å². The molecule has 1 nitrogen and oxygen atoms in total. The summed E-state index contributed by atoms with van der Waals surface area (Å²) in [5.74, 6) is 0. The lowest BCUT2D eigenvalue weighted by atomic mass is 9.67. The zero-order chi connectivity index (χ0) is 13.5. The molecule has 0 amide bonds. The van der Waals surface area contributed by atoms with Crippen molar-refractivity contribution < 1.29 is 13.2 Å². The summed E-state index contributed by atoms with van der Waals surface area (Å²) in [6.45, 7) is 9.81. The van der Waals surface area contributed by atoms with Gasteiger partial charge in [-0.15, -0.1) is 0 Å². The van der Waals surface area contributed by atoms with Crippen molar-refractivity contribution >= 4 is 0 Å². The summed E-state index contributed by atoms with van der Waals surface area (Å²) in [5.41, 5.74) is -0.939. The van der Waals surface area contributed by atoms with Crippen LogP contribution in [-0.4, -0.2) is 4.98 Å². The van der Waals surface area contributed by atoms with E-state index in [2.05, 4.69) is 4.98 Å². The molecule has 0 saturated carbocycles. The van der Waals surface area contributed by atoms with E-state index in [0.717, 1.165) is 6.07 Å². The Morgan fingerprint density at radius 3 is 1.76 bits per heavy atom. The Morgan fingerprint density at radius 2 is 1.35 bits per heavy atom. The van der Waals surface area contributed by atoms with Gasteiger partial charge in [-0.05, 0) is 17.5 Å². The maximum Gasteiger partial charge on any atom is 0.433 e. The van der Waals surface area contributed by atoms with E-state index in [1.165, 1.54) is 6.07 Å². The highest BCUT2D eigenvalue weighted by atomic mass is 19.4. The van der Waals surface area contributed by atoms with Crippen molar-refractivity contribution in [2.24, 2.45) is 5.41 Å². The average molecular weight is 245 g/mol. The third-order valence-corrected chi connectivity index (χ3v) is 3.55. The minimum atomic E-state index is -4.38. The highest BCUT2D eigenvalue weighted by molar-refractivity contribution is 5.22. The quantitative estimate of drug-likeness (QED) is 0.713. The zero-order valence-corrected chi connectivity index (χ0v) is 10.8. The van der Waals surface area contributed by atoms with E-state index in [9.17, 15) is 13.2 Å². The number of nitrogens with zero attached hydrogens (tertiary/aromatic N) is 1. The lowest BCUT2D eigenvalue weighted by Crippen LogP contribution is -2.35. The zero-order valence-electron chi connectivity index (χ0n) is 10.8. The van der Waals surface area contributed by atoms with Crippen molar-refractivity contribution in [3.8, 4) is 0 Å². The molecule has 0 aliphatic heterocycles. The van der Waals surface area contributed by atoms with E-state index in [4.69, 9.17) is 0 Å². The number of alkyl halides is 3. The summed E-state index contributed by atoms with van der Waals surface area (Å²) < 4.78 is 37.8. The Kier molecular flexibility index (Phi) is 3.29. The van der Waals surface area contributed by atoms with Crippen LogP contribution in [0.25, 0.3) is 0 Å². The van der Waals surface area contributed by atoms with E-state index in [1.807, 2.05) is 34.6 Å². The Labute approximate surface area is 100 Å². The van der Waals surface area contributed by atoms with Gasteiger partial charge in [-0.1, -0.05) is 40.7 Å². The third kappa shape index (κ3) is 2.79. The summed E-state index contributed by atoms with van der Waals surface area (Å²) >= 11 is 0. The van der Waals surface area contributed by atoms with Gasteiger partial charge in [0.25, 0.3) is 0 Å². The largest absolute Gasteiger partial charge is 0.433 e. The number of aromatic nitrogens is 1. The molecule has 0 aromatic carbocycles. The highest BCUT2D eigenvalue weighted by Crippen LogP contribution is 2.40. The number of pyridine rings is 1. The molecule has 0 aliphatic rings. The van der Waals surface area contributed by atoms with Crippen LogP contribution in [-0.2, 0) is 11.6 Å². The fraction of sp³-hybridized carbons (Fsp3) is 0.615. The molecular formula is C13H18F3N. The van der Waals surface area contributed by atoms with Gasteiger partial charge in [0, 0.05) is 11.1 Å². The predicted molar refractivity (Wildman–Crippen MR) is 61.7 cm³/mol. The summed E-state index contributed by atoms with van der Waals surface area (Å²) in [5, 5.41) is 0. The summed E-state index contributed by atoms with van der Waals surface area (Å²) in [7, 11) is 0. The Morgan fingerprint density at radius 1 is 0.882 bits per heavy atom. The maximum atomic E-state index is 12.6. The monoisotopic (exact) mass is 245 g/mol. The predicted octanol–water partition coefficient (Wildman–Crippen LogP) is 4.42. The van der Waals surface area contributed by atoms with E-state index in [-0.39, 0.29) is 5.41 Å². The van der Waals surface area contributed by atoms with Crippen LogP contribution in [0.15, 0.2) is 18.2 Å². The third-order valence-electron chi connectivity index (χ3n) is 3.55. The van der Waals surface area contributed by atoms with E-state index in [0.29, 0.717) is 5.69 Å². The van der Waals surface area contributed by atoms with Gasteiger partial charge in [-0.2, -0.15) is 13.2 Å². The van der Waals surface area contributed by atoms with Crippen LogP contribution >= 0.6 is 0 Å². The number of hydrogen-bond acceptors (Lipinski definition) is 1. The topological polar surface area (TPSA) is 12.9 Å². The number of rotatable bonds is 1.